The number of carbonyl (C=O) groups excluding carboxylic acids is 1. The zero-order valence-corrected chi connectivity index (χ0v) is 11.8. The molecule has 1 aliphatic rings. The minimum absolute atomic E-state index is 0.185. The van der Waals surface area contributed by atoms with Crippen molar-refractivity contribution >= 4 is 11.8 Å². The lowest BCUT2D eigenvalue weighted by Gasteiger charge is -2.31. The van der Waals surface area contributed by atoms with Crippen LogP contribution in [0.1, 0.15) is 45.2 Å². The van der Waals surface area contributed by atoms with Crippen LogP contribution in [0.2, 0.25) is 0 Å². The van der Waals surface area contributed by atoms with E-state index in [-0.39, 0.29) is 5.97 Å². The van der Waals surface area contributed by atoms with Gasteiger partial charge in [0.2, 0.25) is 0 Å². The molecule has 0 bridgehead atoms. The Morgan fingerprint density at radius 3 is 2.58 bits per heavy atom. The number of piperidine rings is 1. The molecule has 1 aliphatic heterocycles. The van der Waals surface area contributed by atoms with Crippen LogP contribution in [0.15, 0.2) is 6.07 Å². The van der Waals surface area contributed by atoms with Gasteiger partial charge in [0, 0.05) is 25.1 Å². The Labute approximate surface area is 113 Å². The van der Waals surface area contributed by atoms with Crippen molar-refractivity contribution in [2.24, 2.45) is 5.41 Å². The predicted octanol–water partition coefficient (Wildman–Crippen LogP) is 1.68. The number of anilines is 1. The van der Waals surface area contributed by atoms with Gasteiger partial charge in [-0.1, -0.05) is 0 Å². The van der Waals surface area contributed by atoms with Crippen LogP contribution in [0.3, 0.4) is 0 Å². The summed E-state index contributed by atoms with van der Waals surface area (Å²) in [7, 11) is 0. The molecule has 1 aromatic rings. The second kappa shape index (κ2) is 5.21. The van der Waals surface area contributed by atoms with Crippen LogP contribution < -0.4 is 5.73 Å². The van der Waals surface area contributed by atoms with Gasteiger partial charge in [0.25, 0.3) is 0 Å². The highest BCUT2D eigenvalue weighted by atomic mass is 16.7. The van der Waals surface area contributed by atoms with E-state index in [4.69, 9.17) is 10.6 Å². The molecule has 6 heteroatoms. The average Bonchev–Trinajstić information content (AvgIpc) is 2.75. The van der Waals surface area contributed by atoms with Gasteiger partial charge in [0.1, 0.15) is 5.82 Å². The summed E-state index contributed by atoms with van der Waals surface area (Å²) in [4.78, 5) is 17.2. The topological polar surface area (TPSA) is 84.2 Å². The fourth-order valence-electron chi connectivity index (χ4n) is 2.06. The van der Waals surface area contributed by atoms with Crippen LogP contribution in [0, 0.1) is 5.41 Å². The number of nitrogen functional groups attached to an aromatic ring is 1. The Morgan fingerprint density at radius 1 is 1.47 bits per heavy atom. The summed E-state index contributed by atoms with van der Waals surface area (Å²) in [6, 6.07) is 1.88. The molecule has 2 heterocycles. The zero-order valence-electron chi connectivity index (χ0n) is 11.8. The van der Waals surface area contributed by atoms with E-state index >= 15 is 0 Å². The summed E-state index contributed by atoms with van der Waals surface area (Å²) in [6.07, 6.45) is 1.84. The van der Waals surface area contributed by atoms with Crippen LogP contribution >= 0.6 is 0 Å². The molecule has 2 rings (SSSR count). The van der Waals surface area contributed by atoms with E-state index in [0.717, 1.165) is 31.6 Å². The minimum Gasteiger partial charge on any atom is -0.384 e. The molecular formula is C13H22N4O2. The molecule has 0 spiro atoms. The lowest BCUT2D eigenvalue weighted by atomic mass is 9.94. The van der Waals surface area contributed by atoms with Gasteiger partial charge in [-0.25, -0.2) is 4.79 Å². The first kappa shape index (κ1) is 13.9. The lowest BCUT2D eigenvalue weighted by Crippen LogP contribution is -2.38. The number of aromatic amines is 1. The van der Waals surface area contributed by atoms with Crippen LogP contribution in [0.25, 0.3) is 0 Å². The molecule has 6 nitrogen and oxygen atoms in total. The van der Waals surface area contributed by atoms with Gasteiger partial charge in [-0.15, -0.1) is 5.06 Å². The third kappa shape index (κ3) is 3.47. The smallest absolute Gasteiger partial charge is 0.330 e. The summed E-state index contributed by atoms with van der Waals surface area (Å²) in [6.45, 7) is 7.04. The SMILES string of the molecule is CC(C)(C)C(=O)ON1CCC(c2cc(N)[nH]n2)CC1. The first-order valence-electron chi connectivity index (χ1n) is 6.64. The molecule has 0 radical (unpaired) electrons. The van der Waals surface area contributed by atoms with Crippen molar-refractivity contribution in [3.05, 3.63) is 11.8 Å². The van der Waals surface area contributed by atoms with Crippen LogP contribution in [-0.4, -0.2) is 34.3 Å². The summed E-state index contributed by atoms with van der Waals surface area (Å²) in [5.41, 5.74) is 6.16. The molecule has 1 saturated heterocycles. The number of carbonyl (C=O) groups is 1. The quantitative estimate of drug-likeness (QED) is 0.850. The Hall–Kier alpha value is -1.56. The molecule has 106 valence electrons. The van der Waals surface area contributed by atoms with Crippen molar-refractivity contribution in [3.8, 4) is 0 Å². The molecule has 0 aliphatic carbocycles. The number of hydrogen-bond donors (Lipinski definition) is 2. The van der Waals surface area contributed by atoms with E-state index in [9.17, 15) is 4.79 Å². The van der Waals surface area contributed by atoms with E-state index in [1.807, 2.05) is 26.8 Å². The van der Waals surface area contributed by atoms with Gasteiger partial charge in [0.15, 0.2) is 0 Å². The van der Waals surface area contributed by atoms with Gasteiger partial charge < -0.3 is 10.6 Å². The van der Waals surface area contributed by atoms with Crippen molar-refractivity contribution < 1.29 is 9.63 Å². The van der Waals surface area contributed by atoms with Crippen LogP contribution in [-0.2, 0) is 9.63 Å². The molecule has 3 N–H and O–H groups in total. The zero-order chi connectivity index (χ0) is 14.0. The monoisotopic (exact) mass is 266 g/mol. The maximum absolute atomic E-state index is 11.8. The van der Waals surface area contributed by atoms with Crippen molar-refractivity contribution in [2.45, 2.75) is 39.5 Å². The fourth-order valence-corrected chi connectivity index (χ4v) is 2.06. The number of nitrogens with one attached hydrogen (secondary N) is 1. The van der Waals surface area contributed by atoms with Crippen molar-refractivity contribution in [1.82, 2.24) is 15.3 Å². The van der Waals surface area contributed by atoms with E-state index in [1.54, 1.807) is 5.06 Å². The van der Waals surface area contributed by atoms with Crippen molar-refractivity contribution in [2.75, 3.05) is 18.8 Å². The summed E-state index contributed by atoms with van der Waals surface area (Å²) in [5.74, 6) is 0.796. The van der Waals surface area contributed by atoms with Gasteiger partial charge in [-0.2, -0.15) is 5.10 Å². The number of nitrogens with two attached hydrogens (primary N) is 1. The first-order valence-corrected chi connectivity index (χ1v) is 6.64. The molecular weight excluding hydrogens is 244 g/mol. The molecule has 1 aromatic heterocycles. The van der Waals surface area contributed by atoms with E-state index in [1.165, 1.54) is 0 Å². The summed E-state index contributed by atoms with van der Waals surface area (Å²) < 4.78 is 0. The first-order chi connectivity index (χ1) is 8.86. The maximum Gasteiger partial charge on any atom is 0.330 e. The normalized spacial score (nSPS) is 18.5. The maximum atomic E-state index is 11.8. The summed E-state index contributed by atoms with van der Waals surface area (Å²) in [5, 5.41) is 8.70. The predicted molar refractivity (Wildman–Crippen MR) is 72.1 cm³/mol. The van der Waals surface area contributed by atoms with E-state index < -0.39 is 5.41 Å². The highest BCUT2D eigenvalue weighted by Gasteiger charge is 2.29. The van der Waals surface area contributed by atoms with Crippen molar-refractivity contribution in [1.29, 1.82) is 0 Å². The number of hydroxylamine groups is 2. The van der Waals surface area contributed by atoms with E-state index in [2.05, 4.69) is 10.2 Å². The number of nitrogens with zero attached hydrogens (tertiary/aromatic N) is 2. The minimum atomic E-state index is -0.465. The largest absolute Gasteiger partial charge is 0.384 e. The Bertz CT molecular complexity index is 442. The Kier molecular flexibility index (Phi) is 3.80. The van der Waals surface area contributed by atoms with Crippen LogP contribution in [0.4, 0.5) is 5.82 Å². The van der Waals surface area contributed by atoms with Gasteiger partial charge in [0.05, 0.1) is 11.1 Å². The molecule has 0 aromatic carbocycles. The average molecular weight is 266 g/mol. The number of aromatic nitrogens is 2. The standard InChI is InChI=1S/C13H22N4O2/c1-13(2,3)12(18)19-17-6-4-9(5-7-17)10-8-11(14)16-15-10/h8-9H,4-7H2,1-3H3,(H3,14,15,16). The highest BCUT2D eigenvalue weighted by molar-refractivity contribution is 5.75. The molecule has 0 unspecified atom stereocenters. The third-order valence-electron chi connectivity index (χ3n) is 3.31. The molecule has 0 saturated carbocycles. The Balaban J connectivity index is 1.84. The number of H-pyrrole nitrogens is 1. The number of rotatable bonds is 2. The second-order valence-corrected chi connectivity index (χ2v) is 6.08. The van der Waals surface area contributed by atoms with Gasteiger partial charge in [-0.3, -0.25) is 5.10 Å². The molecule has 0 atom stereocenters. The third-order valence-corrected chi connectivity index (χ3v) is 3.31. The van der Waals surface area contributed by atoms with Gasteiger partial charge >= 0.3 is 5.97 Å². The lowest BCUT2D eigenvalue weighted by molar-refractivity contribution is -0.204. The summed E-state index contributed by atoms with van der Waals surface area (Å²) >= 11 is 0. The van der Waals surface area contributed by atoms with Crippen molar-refractivity contribution in [3.63, 3.8) is 0 Å². The fraction of sp³-hybridized carbons (Fsp3) is 0.692. The van der Waals surface area contributed by atoms with E-state index in [0.29, 0.717) is 11.7 Å². The molecule has 1 fully saturated rings. The highest BCUT2D eigenvalue weighted by Crippen LogP contribution is 2.28. The molecule has 19 heavy (non-hydrogen) atoms. The molecule has 0 amide bonds. The second-order valence-electron chi connectivity index (χ2n) is 6.08. The number of hydrogen-bond acceptors (Lipinski definition) is 5. The van der Waals surface area contributed by atoms with Crippen LogP contribution in [0.5, 0.6) is 0 Å². The van der Waals surface area contributed by atoms with Gasteiger partial charge in [-0.05, 0) is 33.6 Å². The Morgan fingerprint density at radius 2 is 2.11 bits per heavy atom.